The van der Waals surface area contributed by atoms with Gasteiger partial charge in [0.1, 0.15) is 17.5 Å². The molecule has 5 rings (SSSR count). The van der Waals surface area contributed by atoms with Crippen LogP contribution in [0.25, 0.3) is 17.0 Å². The first-order chi connectivity index (χ1) is 13.6. The van der Waals surface area contributed by atoms with Crippen LogP contribution in [0.1, 0.15) is 24.4 Å². The van der Waals surface area contributed by atoms with Gasteiger partial charge in [0.05, 0.1) is 24.0 Å². The molecule has 1 atom stereocenters. The number of hydrogen-bond donors (Lipinski definition) is 1. The molecule has 6 nitrogen and oxygen atoms in total. The Morgan fingerprint density at radius 1 is 1.14 bits per heavy atom. The van der Waals surface area contributed by atoms with Crippen LogP contribution in [-0.2, 0) is 0 Å². The molecule has 1 N–H and O–H groups in total. The second-order valence-corrected chi connectivity index (χ2v) is 6.69. The Balaban J connectivity index is 1.62. The Morgan fingerprint density at radius 2 is 2.04 bits per heavy atom. The maximum absolute atomic E-state index is 14.8. The summed E-state index contributed by atoms with van der Waals surface area (Å²) in [6.07, 6.45) is 7.37. The number of imidazole rings is 1. The van der Waals surface area contributed by atoms with Gasteiger partial charge in [0, 0.05) is 24.5 Å². The van der Waals surface area contributed by atoms with E-state index in [0.29, 0.717) is 30.0 Å². The number of benzene rings is 1. The fraction of sp³-hybridized carbons (Fsp3) is 0.211. The number of nitrogens with zero attached hydrogens (tertiary/aromatic N) is 5. The average molecular weight is 384 g/mol. The van der Waals surface area contributed by atoms with Crippen molar-refractivity contribution in [1.29, 1.82) is 0 Å². The van der Waals surface area contributed by atoms with E-state index in [-0.39, 0.29) is 11.4 Å². The molecule has 28 heavy (non-hydrogen) atoms. The van der Waals surface area contributed by atoms with Crippen LogP contribution in [0.4, 0.5) is 19.0 Å². The van der Waals surface area contributed by atoms with Crippen LogP contribution in [0.15, 0.2) is 43.0 Å². The van der Waals surface area contributed by atoms with Gasteiger partial charge >= 0.3 is 0 Å². The van der Waals surface area contributed by atoms with Gasteiger partial charge in [0.2, 0.25) is 0 Å². The molecular weight excluding hydrogens is 369 g/mol. The van der Waals surface area contributed by atoms with Crippen LogP contribution in [0.2, 0.25) is 0 Å². The van der Waals surface area contributed by atoms with E-state index in [2.05, 4.69) is 20.1 Å². The van der Waals surface area contributed by atoms with Gasteiger partial charge < -0.3 is 9.88 Å². The number of hydrogen-bond acceptors (Lipinski definition) is 4. The van der Waals surface area contributed by atoms with Crippen molar-refractivity contribution in [2.75, 3.05) is 11.4 Å². The van der Waals surface area contributed by atoms with Gasteiger partial charge in [-0.1, -0.05) is 0 Å². The van der Waals surface area contributed by atoms with Crippen molar-refractivity contribution >= 4 is 11.5 Å². The van der Waals surface area contributed by atoms with E-state index >= 15 is 0 Å². The first kappa shape index (κ1) is 16.8. The van der Waals surface area contributed by atoms with Gasteiger partial charge in [0.15, 0.2) is 17.3 Å². The Kier molecular flexibility index (Phi) is 3.81. The minimum atomic E-state index is -0.578. The third kappa shape index (κ3) is 2.62. The second kappa shape index (κ2) is 6.36. The molecule has 1 aliphatic heterocycles. The highest BCUT2D eigenvalue weighted by molar-refractivity contribution is 5.73. The summed E-state index contributed by atoms with van der Waals surface area (Å²) in [4.78, 5) is 13.3. The number of aromatic amines is 1. The summed E-state index contributed by atoms with van der Waals surface area (Å²) >= 11 is 0. The predicted octanol–water partition coefficient (Wildman–Crippen LogP) is 3.88. The highest BCUT2D eigenvalue weighted by Gasteiger charge is 2.32. The largest absolute Gasteiger partial charge is 0.347 e. The molecule has 1 aliphatic rings. The monoisotopic (exact) mass is 384 g/mol. The summed E-state index contributed by atoms with van der Waals surface area (Å²) in [5.74, 6) is -0.963. The minimum absolute atomic E-state index is 0.0898. The highest BCUT2D eigenvalue weighted by Crippen LogP contribution is 2.38. The van der Waals surface area contributed by atoms with Gasteiger partial charge in [-0.15, -0.1) is 0 Å². The van der Waals surface area contributed by atoms with Gasteiger partial charge in [-0.3, -0.25) is 0 Å². The minimum Gasteiger partial charge on any atom is -0.347 e. The first-order valence-corrected chi connectivity index (χ1v) is 8.87. The fourth-order valence-electron chi connectivity index (χ4n) is 3.78. The van der Waals surface area contributed by atoms with Gasteiger partial charge in [0.25, 0.3) is 0 Å². The number of halogens is 3. The van der Waals surface area contributed by atoms with Crippen molar-refractivity contribution in [3.63, 3.8) is 0 Å². The van der Waals surface area contributed by atoms with E-state index in [9.17, 15) is 13.2 Å². The van der Waals surface area contributed by atoms with E-state index < -0.39 is 23.5 Å². The van der Waals surface area contributed by atoms with Crippen LogP contribution in [-0.4, -0.2) is 31.1 Å². The molecular formula is C19H15F3N6. The molecule has 142 valence electrons. The summed E-state index contributed by atoms with van der Waals surface area (Å²) in [6, 6.07) is 2.85. The molecule has 3 aromatic heterocycles. The molecule has 1 aromatic carbocycles. The van der Waals surface area contributed by atoms with Crippen LogP contribution in [0, 0.1) is 17.5 Å². The highest BCUT2D eigenvalue weighted by atomic mass is 19.1. The van der Waals surface area contributed by atoms with Crippen LogP contribution < -0.4 is 4.90 Å². The second-order valence-electron chi connectivity index (χ2n) is 6.69. The van der Waals surface area contributed by atoms with E-state index in [1.54, 1.807) is 23.5 Å². The quantitative estimate of drug-likeness (QED) is 0.582. The van der Waals surface area contributed by atoms with Crippen molar-refractivity contribution in [3.8, 4) is 11.4 Å². The Hall–Kier alpha value is -3.36. The van der Waals surface area contributed by atoms with E-state index in [1.807, 2.05) is 0 Å². The van der Waals surface area contributed by atoms with Crippen molar-refractivity contribution < 1.29 is 13.2 Å². The average Bonchev–Trinajstić information content (AvgIpc) is 3.42. The lowest BCUT2D eigenvalue weighted by molar-refractivity contribution is 0.551. The molecule has 0 spiro atoms. The molecule has 0 radical (unpaired) electrons. The Morgan fingerprint density at radius 3 is 2.86 bits per heavy atom. The lowest BCUT2D eigenvalue weighted by atomic mass is 10.0. The normalized spacial score (nSPS) is 17.0. The van der Waals surface area contributed by atoms with Crippen LogP contribution >= 0.6 is 0 Å². The number of anilines is 1. The zero-order chi connectivity index (χ0) is 19.3. The third-order valence-corrected chi connectivity index (χ3v) is 5.03. The number of fused-ring (bicyclic) bond motifs is 1. The maximum Gasteiger partial charge on any atom is 0.184 e. The predicted molar refractivity (Wildman–Crippen MR) is 96.2 cm³/mol. The summed E-state index contributed by atoms with van der Waals surface area (Å²) in [6.45, 7) is 0.491. The van der Waals surface area contributed by atoms with Crippen molar-refractivity contribution in [2.45, 2.75) is 18.9 Å². The lowest BCUT2D eigenvalue weighted by Crippen LogP contribution is -2.26. The Labute approximate surface area is 157 Å². The summed E-state index contributed by atoms with van der Waals surface area (Å²) in [5.41, 5.74) is 1.26. The van der Waals surface area contributed by atoms with Gasteiger partial charge in [-0.25, -0.2) is 27.7 Å². The van der Waals surface area contributed by atoms with Gasteiger partial charge in [-0.2, -0.15) is 5.10 Å². The molecule has 4 heterocycles. The standard InChI is InChI=1S/C19H15F3N6/c20-11-3-4-14(21)12(8-11)16-2-1-7-27(16)19-15(22)10-28-18(26-19)13(9-25-28)17-23-5-6-24-17/h3-6,8-10,16H,1-2,7H2,(H,23,24)/t16-/m1/s1. The summed E-state index contributed by atoms with van der Waals surface area (Å²) < 4.78 is 44.2. The third-order valence-electron chi connectivity index (χ3n) is 5.03. The van der Waals surface area contributed by atoms with E-state index in [4.69, 9.17) is 0 Å². The molecule has 4 aromatic rings. The molecule has 0 amide bonds. The fourth-order valence-corrected chi connectivity index (χ4v) is 3.78. The van der Waals surface area contributed by atoms with Crippen molar-refractivity contribution in [3.05, 3.63) is 66.0 Å². The zero-order valence-corrected chi connectivity index (χ0v) is 14.6. The van der Waals surface area contributed by atoms with Gasteiger partial charge in [-0.05, 0) is 31.0 Å². The van der Waals surface area contributed by atoms with Crippen molar-refractivity contribution in [2.24, 2.45) is 0 Å². The van der Waals surface area contributed by atoms with Crippen LogP contribution in [0.3, 0.4) is 0 Å². The number of rotatable bonds is 3. The molecule has 1 saturated heterocycles. The van der Waals surface area contributed by atoms with Crippen LogP contribution in [0.5, 0.6) is 0 Å². The summed E-state index contributed by atoms with van der Waals surface area (Å²) in [5, 5.41) is 4.13. The molecule has 0 unspecified atom stereocenters. The topological polar surface area (TPSA) is 62.1 Å². The smallest absolute Gasteiger partial charge is 0.184 e. The Bertz CT molecular complexity index is 1150. The molecule has 0 saturated carbocycles. The molecule has 1 fully saturated rings. The summed E-state index contributed by atoms with van der Waals surface area (Å²) in [7, 11) is 0. The van der Waals surface area contributed by atoms with E-state index in [1.165, 1.54) is 16.8 Å². The number of nitrogens with one attached hydrogen (secondary N) is 1. The molecule has 0 bridgehead atoms. The van der Waals surface area contributed by atoms with Crippen molar-refractivity contribution in [1.82, 2.24) is 24.6 Å². The molecule has 9 heteroatoms. The SMILES string of the molecule is Fc1ccc(F)c([C@H]2CCCN2c2nc3c(-c4ncc[nH]4)cnn3cc2F)c1. The maximum atomic E-state index is 14.8. The van der Waals surface area contributed by atoms with E-state index in [0.717, 1.165) is 18.6 Å². The zero-order valence-electron chi connectivity index (χ0n) is 14.6. The molecule has 0 aliphatic carbocycles. The first-order valence-electron chi connectivity index (χ1n) is 8.87. The lowest BCUT2D eigenvalue weighted by Gasteiger charge is -2.26. The number of H-pyrrole nitrogens is 1. The number of aromatic nitrogens is 5.